The Morgan fingerprint density at radius 1 is 1.32 bits per heavy atom. The number of carbonyl (C=O) groups is 2. The predicted octanol–water partition coefficient (Wildman–Crippen LogP) is 2.37. The smallest absolute Gasteiger partial charge is 0.254 e. The Morgan fingerprint density at radius 2 is 2.06 bits per heavy atom. The zero-order valence-electron chi connectivity index (χ0n) is 17.2. The van der Waals surface area contributed by atoms with Crippen molar-refractivity contribution in [1.82, 2.24) is 14.7 Å². The molecule has 8 nitrogen and oxygen atoms in total. The van der Waals surface area contributed by atoms with E-state index >= 15 is 0 Å². The lowest BCUT2D eigenvalue weighted by atomic mass is 9.84. The minimum absolute atomic E-state index is 0.0370. The third kappa shape index (κ3) is 4.59. The molecule has 1 aromatic heterocycles. The molecule has 2 aliphatic rings. The summed E-state index contributed by atoms with van der Waals surface area (Å²) in [5.74, 6) is -0.974. The van der Waals surface area contributed by atoms with Crippen LogP contribution in [0.1, 0.15) is 48.0 Å². The highest BCUT2D eigenvalue weighted by molar-refractivity contribution is 6.02. The van der Waals surface area contributed by atoms with Gasteiger partial charge in [-0.3, -0.25) is 19.2 Å². The molecule has 1 aliphatic heterocycles. The number of benzene rings is 1. The van der Waals surface area contributed by atoms with Crippen molar-refractivity contribution in [2.75, 3.05) is 18.4 Å². The summed E-state index contributed by atoms with van der Waals surface area (Å²) in [6.45, 7) is 2.00. The highest BCUT2D eigenvalue weighted by Gasteiger charge is 2.39. The van der Waals surface area contributed by atoms with Crippen molar-refractivity contribution in [3.63, 3.8) is 0 Å². The van der Waals surface area contributed by atoms with E-state index in [2.05, 4.69) is 21.4 Å². The molecule has 3 N–H and O–H groups in total. The number of piperidine rings is 1. The number of nitrogens with two attached hydrogens (primary N) is 1. The molecule has 1 aromatic carbocycles. The zero-order chi connectivity index (χ0) is 22.0. The van der Waals surface area contributed by atoms with Crippen molar-refractivity contribution in [3.05, 3.63) is 47.4 Å². The van der Waals surface area contributed by atoms with Gasteiger partial charge in [-0.05, 0) is 43.4 Å². The van der Waals surface area contributed by atoms with E-state index in [1.54, 1.807) is 16.9 Å². The standard InChI is InChI=1S/C22H25FN6O2/c23-17-3-1-2-15(12-17)13-28-10-7-22(6-9-24,8-11-28)29-14-18(19(25)30)20(27-29)26-21(31)16-4-5-16/h1-3,12,14,16H,4-8,10-11,13H2,(H2,25,30)(H,26,27,31). The van der Waals surface area contributed by atoms with E-state index in [0.717, 1.165) is 18.4 Å². The Bertz CT molecular complexity index is 1030. The lowest BCUT2D eigenvalue weighted by Gasteiger charge is -2.40. The molecule has 2 fully saturated rings. The number of anilines is 1. The van der Waals surface area contributed by atoms with Crippen LogP contribution in [0.2, 0.25) is 0 Å². The van der Waals surface area contributed by atoms with Crippen LogP contribution in [0.25, 0.3) is 0 Å². The Hall–Kier alpha value is -3.25. The van der Waals surface area contributed by atoms with E-state index in [1.165, 1.54) is 12.1 Å². The third-order valence-electron chi connectivity index (χ3n) is 6.15. The van der Waals surface area contributed by atoms with Gasteiger partial charge in [0.25, 0.3) is 5.91 Å². The molecule has 0 radical (unpaired) electrons. The normalized spacial score (nSPS) is 18.3. The molecule has 31 heavy (non-hydrogen) atoms. The van der Waals surface area contributed by atoms with Gasteiger partial charge in [0.15, 0.2) is 5.82 Å². The average molecular weight is 424 g/mol. The van der Waals surface area contributed by atoms with Crippen LogP contribution in [-0.2, 0) is 16.9 Å². The van der Waals surface area contributed by atoms with Crippen LogP contribution in [-0.4, -0.2) is 39.6 Å². The molecule has 0 unspecified atom stereocenters. The van der Waals surface area contributed by atoms with Crippen LogP contribution in [0.15, 0.2) is 30.5 Å². The van der Waals surface area contributed by atoms with Gasteiger partial charge in [-0.2, -0.15) is 10.4 Å². The minimum Gasteiger partial charge on any atom is -0.365 e. The van der Waals surface area contributed by atoms with E-state index in [0.29, 0.717) is 32.5 Å². The average Bonchev–Trinajstić information content (AvgIpc) is 3.50. The van der Waals surface area contributed by atoms with Gasteiger partial charge >= 0.3 is 0 Å². The van der Waals surface area contributed by atoms with Gasteiger partial charge in [0.2, 0.25) is 5.91 Å². The fourth-order valence-corrected chi connectivity index (χ4v) is 4.11. The second-order valence-electron chi connectivity index (χ2n) is 8.43. The lowest BCUT2D eigenvalue weighted by molar-refractivity contribution is -0.117. The number of hydrogen-bond acceptors (Lipinski definition) is 5. The molecular formula is C22H25FN6O2. The first-order valence-corrected chi connectivity index (χ1v) is 10.4. The van der Waals surface area contributed by atoms with Crippen molar-refractivity contribution in [3.8, 4) is 6.07 Å². The maximum absolute atomic E-state index is 13.5. The Balaban J connectivity index is 1.52. The van der Waals surface area contributed by atoms with Gasteiger partial charge in [0.05, 0.1) is 18.0 Å². The number of nitrogens with one attached hydrogen (secondary N) is 1. The summed E-state index contributed by atoms with van der Waals surface area (Å²) in [5.41, 5.74) is 5.96. The third-order valence-corrected chi connectivity index (χ3v) is 6.15. The number of nitriles is 1. The molecule has 1 saturated heterocycles. The molecule has 0 spiro atoms. The van der Waals surface area contributed by atoms with Gasteiger partial charge in [0.1, 0.15) is 11.4 Å². The quantitative estimate of drug-likeness (QED) is 0.708. The van der Waals surface area contributed by atoms with Gasteiger partial charge in [-0.1, -0.05) is 12.1 Å². The maximum Gasteiger partial charge on any atom is 0.254 e. The first-order chi connectivity index (χ1) is 14.9. The molecule has 4 rings (SSSR count). The second-order valence-corrected chi connectivity index (χ2v) is 8.43. The van der Waals surface area contributed by atoms with Crippen LogP contribution in [0.5, 0.6) is 0 Å². The summed E-state index contributed by atoms with van der Waals surface area (Å²) in [4.78, 5) is 26.3. The van der Waals surface area contributed by atoms with Crippen LogP contribution in [0.3, 0.4) is 0 Å². The summed E-state index contributed by atoms with van der Waals surface area (Å²) >= 11 is 0. The molecule has 162 valence electrons. The molecule has 2 aromatic rings. The first kappa shape index (κ1) is 21.0. The van der Waals surface area contributed by atoms with E-state index < -0.39 is 11.4 Å². The van der Waals surface area contributed by atoms with Crippen molar-refractivity contribution in [1.29, 1.82) is 5.26 Å². The van der Waals surface area contributed by atoms with Gasteiger partial charge in [0, 0.05) is 31.7 Å². The molecule has 1 aliphatic carbocycles. The lowest BCUT2D eigenvalue weighted by Crippen LogP contribution is -2.46. The summed E-state index contributed by atoms with van der Waals surface area (Å²) in [5, 5.41) is 16.7. The van der Waals surface area contributed by atoms with Crippen LogP contribution >= 0.6 is 0 Å². The fourth-order valence-electron chi connectivity index (χ4n) is 4.11. The molecule has 2 heterocycles. The Labute approximate surface area is 179 Å². The SMILES string of the molecule is N#CCC1(n2cc(C(N)=O)c(NC(=O)C3CC3)n2)CCN(Cc2cccc(F)c2)CC1. The molecule has 1 saturated carbocycles. The summed E-state index contributed by atoms with van der Waals surface area (Å²) in [6, 6.07) is 8.78. The number of likely N-dealkylation sites (tertiary alicyclic amines) is 1. The number of primary amides is 1. The topological polar surface area (TPSA) is 117 Å². The molecule has 0 bridgehead atoms. The van der Waals surface area contributed by atoms with Crippen LogP contribution in [0.4, 0.5) is 10.2 Å². The summed E-state index contributed by atoms with van der Waals surface area (Å²) in [6.07, 6.45) is 4.69. The van der Waals surface area contributed by atoms with Crippen molar-refractivity contribution in [2.24, 2.45) is 11.7 Å². The van der Waals surface area contributed by atoms with Crippen molar-refractivity contribution >= 4 is 17.6 Å². The Morgan fingerprint density at radius 3 is 2.68 bits per heavy atom. The van der Waals surface area contributed by atoms with Crippen molar-refractivity contribution < 1.29 is 14.0 Å². The van der Waals surface area contributed by atoms with E-state index in [-0.39, 0.29) is 35.4 Å². The number of carbonyl (C=O) groups excluding carboxylic acids is 2. The number of halogens is 1. The van der Waals surface area contributed by atoms with E-state index in [1.807, 2.05) is 6.07 Å². The summed E-state index contributed by atoms with van der Waals surface area (Å²) < 4.78 is 15.1. The highest BCUT2D eigenvalue weighted by Crippen LogP contribution is 2.36. The van der Waals surface area contributed by atoms with E-state index in [4.69, 9.17) is 5.73 Å². The predicted molar refractivity (Wildman–Crippen MR) is 111 cm³/mol. The van der Waals surface area contributed by atoms with Crippen LogP contribution < -0.4 is 11.1 Å². The number of rotatable bonds is 7. The largest absolute Gasteiger partial charge is 0.365 e. The van der Waals surface area contributed by atoms with E-state index in [9.17, 15) is 19.2 Å². The van der Waals surface area contributed by atoms with Crippen molar-refractivity contribution in [2.45, 2.75) is 44.2 Å². The molecule has 2 amide bonds. The number of nitrogens with zero attached hydrogens (tertiary/aromatic N) is 4. The maximum atomic E-state index is 13.5. The Kier molecular flexibility index (Phi) is 5.74. The number of amides is 2. The highest BCUT2D eigenvalue weighted by atomic mass is 19.1. The zero-order valence-corrected chi connectivity index (χ0v) is 17.2. The molecular weight excluding hydrogens is 399 g/mol. The number of aromatic nitrogens is 2. The fraction of sp³-hybridized carbons (Fsp3) is 0.455. The molecule has 0 atom stereocenters. The van der Waals surface area contributed by atoms with Crippen LogP contribution in [0, 0.1) is 23.1 Å². The minimum atomic E-state index is -0.673. The first-order valence-electron chi connectivity index (χ1n) is 10.4. The molecule has 9 heteroatoms. The summed E-state index contributed by atoms with van der Waals surface area (Å²) in [7, 11) is 0. The van der Waals surface area contributed by atoms with Gasteiger partial charge in [-0.25, -0.2) is 4.39 Å². The number of hydrogen-bond donors (Lipinski definition) is 2. The van der Waals surface area contributed by atoms with Gasteiger partial charge < -0.3 is 11.1 Å². The van der Waals surface area contributed by atoms with Gasteiger partial charge in [-0.15, -0.1) is 0 Å². The monoisotopic (exact) mass is 424 g/mol. The second kappa shape index (κ2) is 8.47.